The van der Waals surface area contributed by atoms with Gasteiger partial charge >= 0.3 is 12.0 Å². The Morgan fingerprint density at radius 2 is 1.72 bits per heavy atom. The van der Waals surface area contributed by atoms with Gasteiger partial charge in [0.15, 0.2) is 0 Å². The number of nitrogens with zero attached hydrogens (tertiary/aromatic N) is 2. The van der Waals surface area contributed by atoms with Gasteiger partial charge in [0, 0.05) is 31.9 Å². The summed E-state index contributed by atoms with van der Waals surface area (Å²) >= 11 is 0. The molecule has 0 saturated carbocycles. The molecule has 1 heterocycles. The van der Waals surface area contributed by atoms with Gasteiger partial charge in [-0.1, -0.05) is 18.2 Å². The molecule has 0 unspecified atom stereocenters. The molecule has 0 spiro atoms. The summed E-state index contributed by atoms with van der Waals surface area (Å²) in [6.45, 7) is 6.64. The van der Waals surface area contributed by atoms with Crippen molar-refractivity contribution in [2.45, 2.75) is 20.0 Å². The van der Waals surface area contributed by atoms with Crippen LogP contribution in [-0.4, -0.2) is 56.3 Å². The second-order valence-electron chi connectivity index (χ2n) is 7.11. The smallest absolute Gasteiger partial charge is 0.337 e. The van der Waals surface area contributed by atoms with Gasteiger partial charge in [-0.3, -0.25) is 0 Å². The van der Waals surface area contributed by atoms with Crippen molar-refractivity contribution in [3.05, 3.63) is 54.1 Å². The first-order chi connectivity index (χ1) is 14.0. The van der Waals surface area contributed by atoms with Crippen molar-refractivity contribution >= 4 is 23.4 Å². The lowest BCUT2D eigenvalue weighted by Crippen LogP contribution is -2.50. The summed E-state index contributed by atoms with van der Waals surface area (Å²) in [7, 11) is 1.33. The summed E-state index contributed by atoms with van der Waals surface area (Å²) in [6, 6.07) is 14.5. The molecule has 3 rings (SSSR count). The third-order valence-electron chi connectivity index (χ3n) is 4.67. The van der Waals surface area contributed by atoms with E-state index in [0.717, 1.165) is 11.4 Å². The van der Waals surface area contributed by atoms with Crippen LogP contribution in [0.1, 0.15) is 24.2 Å². The van der Waals surface area contributed by atoms with Gasteiger partial charge in [0.05, 0.1) is 24.5 Å². The fraction of sp³-hybridized carbons (Fsp3) is 0.364. The molecular weight excluding hydrogens is 370 g/mol. The van der Waals surface area contributed by atoms with Gasteiger partial charge in [-0.2, -0.15) is 0 Å². The van der Waals surface area contributed by atoms with Crippen molar-refractivity contribution in [2.24, 2.45) is 0 Å². The quantitative estimate of drug-likeness (QED) is 0.781. The Kier molecular flexibility index (Phi) is 6.59. The lowest BCUT2D eigenvalue weighted by atomic mass is 10.2. The second-order valence-corrected chi connectivity index (χ2v) is 7.11. The van der Waals surface area contributed by atoms with Crippen LogP contribution in [0, 0.1) is 0 Å². The largest absolute Gasteiger partial charge is 0.489 e. The Balaban J connectivity index is 1.60. The van der Waals surface area contributed by atoms with E-state index in [4.69, 9.17) is 9.47 Å². The Labute approximate surface area is 171 Å². The first-order valence-corrected chi connectivity index (χ1v) is 9.73. The Bertz CT molecular complexity index is 861. The van der Waals surface area contributed by atoms with E-state index in [1.54, 1.807) is 29.2 Å². The van der Waals surface area contributed by atoms with Crippen LogP contribution < -0.4 is 15.0 Å². The Morgan fingerprint density at radius 1 is 1.00 bits per heavy atom. The van der Waals surface area contributed by atoms with Gasteiger partial charge < -0.3 is 24.6 Å². The lowest BCUT2D eigenvalue weighted by Gasteiger charge is -2.36. The zero-order chi connectivity index (χ0) is 20.8. The summed E-state index contributed by atoms with van der Waals surface area (Å²) < 4.78 is 10.6. The van der Waals surface area contributed by atoms with E-state index < -0.39 is 5.97 Å². The molecule has 0 aromatic heterocycles. The molecule has 2 aromatic rings. The molecule has 2 aromatic carbocycles. The van der Waals surface area contributed by atoms with Crippen molar-refractivity contribution in [3.63, 3.8) is 0 Å². The van der Waals surface area contributed by atoms with Crippen molar-refractivity contribution in [1.29, 1.82) is 0 Å². The number of benzene rings is 2. The highest BCUT2D eigenvalue weighted by atomic mass is 16.5. The third-order valence-corrected chi connectivity index (χ3v) is 4.67. The van der Waals surface area contributed by atoms with Crippen LogP contribution in [0.15, 0.2) is 48.5 Å². The van der Waals surface area contributed by atoms with Crippen LogP contribution in [0.3, 0.4) is 0 Å². The number of nitrogens with one attached hydrogen (secondary N) is 1. The zero-order valence-electron chi connectivity index (χ0n) is 17.1. The van der Waals surface area contributed by atoms with E-state index in [0.29, 0.717) is 37.4 Å². The number of amides is 2. The highest BCUT2D eigenvalue weighted by Crippen LogP contribution is 2.29. The van der Waals surface area contributed by atoms with Crippen molar-refractivity contribution < 1.29 is 19.1 Å². The van der Waals surface area contributed by atoms with Crippen LogP contribution in [0.4, 0.5) is 16.2 Å². The molecule has 1 aliphatic rings. The summed E-state index contributed by atoms with van der Waals surface area (Å²) in [5.41, 5.74) is 2.01. The van der Waals surface area contributed by atoms with Gasteiger partial charge in [-0.25, -0.2) is 9.59 Å². The van der Waals surface area contributed by atoms with E-state index in [-0.39, 0.29) is 12.1 Å². The minimum absolute atomic E-state index is 0.101. The highest BCUT2D eigenvalue weighted by molar-refractivity contribution is 5.94. The number of piperazine rings is 1. The number of rotatable bonds is 5. The highest BCUT2D eigenvalue weighted by Gasteiger charge is 2.23. The molecule has 1 fully saturated rings. The maximum atomic E-state index is 12.6. The lowest BCUT2D eigenvalue weighted by molar-refractivity contribution is 0.0600. The average molecular weight is 397 g/mol. The predicted octanol–water partition coefficient (Wildman–Crippen LogP) is 3.61. The van der Waals surface area contributed by atoms with E-state index in [2.05, 4.69) is 10.2 Å². The van der Waals surface area contributed by atoms with Gasteiger partial charge in [0.25, 0.3) is 0 Å². The van der Waals surface area contributed by atoms with Crippen molar-refractivity contribution in [3.8, 4) is 5.75 Å². The molecule has 2 amide bonds. The zero-order valence-corrected chi connectivity index (χ0v) is 17.1. The molecule has 0 bridgehead atoms. The number of ether oxygens (including phenoxy) is 2. The molecule has 0 aliphatic carbocycles. The summed E-state index contributed by atoms with van der Waals surface area (Å²) in [4.78, 5) is 28.3. The number of carbonyl (C=O) groups is 2. The maximum absolute atomic E-state index is 12.6. The van der Waals surface area contributed by atoms with Gasteiger partial charge in [0.1, 0.15) is 5.75 Å². The predicted molar refractivity (Wildman–Crippen MR) is 113 cm³/mol. The maximum Gasteiger partial charge on any atom is 0.337 e. The number of hydrogen-bond acceptors (Lipinski definition) is 5. The SMILES string of the molecule is COC(=O)c1cccc(NC(=O)N2CCN(c3ccccc3OC(C)C)CC2)c1. The normalized spacial score (nSPS) is 13.9. The van der Waals surface area contributed by atoms with Gasteiger partial charge in [-0.05, 0) is 44.2 Å². The molecule has 154 valence electrons. The van der Waals surface area contributed by atoms with Crippen LogP contribution >= 0.6 is 0 Å². The number of urea groups is 1. The van der Waals surface area contributed by atoms with E-state index >= 15 is 0 Å². The number of hydrogen-bond donors (Lipinski definition) is 1. The van der Waals surface area contributed by atoms with E-state index in [1.165, 1.54) is 7.11 Å². The monoisotopic (exact) mass is 397 g/mol. The molecular formula is C22H27N3O4. The second kappa shape index (κ2) is 9.32. The van der Waals surface area contributed by atoms with Crippen molar-refractivity contribution in [2.75, 3.05) is 43.5 Å². The fourth-order valence-electron chi connectivity index (χ4n) is 3.27. The first-order valence-electron chi connectivity index (χ1n) is 9.73. The van der Waals surface area contributed by atoms with Crippen LogP contribution in [0.2, 0.25) is 0 Å². The fourth-order valence-corrected chi connectivity index (χ4v) is 3.27. The first kappa shape index (κ1) is 20.5. The Hall–Kier alpha value is -3.22. The van der Waals surface area contributed by atoms with Crippen LogP contribution in [0.25, 0.3) is 0 Å². The van der Waals surface area contributed by atoms with Gasteiger partial charge in [0.2, 0.25) is 0 Å². The third kappa shape index (κ3) is 5.19. The molecule has 0 atom stereocenters. The molecule has 7 heteroatoms. The average Bonchev–Trinajstić information content (AvgIpc) is 2.73. The van der Waals surface area contributed by atoms with E-state index in [9.17, 15) is 9.59 Å². The number of carbonyl (C=O) groups excluding carboxylic acids is 2. The number of esters is 1. The molecule has 7 nitrogen and oxygen atoms in total. The minimum Gasteiger partial charge on any atom is -0.489 e. The molecule has 1 aliphatic heterocycles. The summed E-state index contributed by atoms with van der Waals surface area (Å²) in [5, 5.41) is 2.86. The van der Waals surface area contributed by atoms with Crippen LogP contribution in [0.5, 0.6) is 5.75 Å². The van der Waals surface area contributed by atoms with E-state index in [1.807, 2.05) is 38.1 Å². The molecule has 1 N–H and O–H groups in total. The van der Waals surface area contributed by atoms with Crippen LogP contribution in [-0.2, 0) is 4.74 Å². The topological polar surface area (TPSA) is 71.1 Å². The standard InChI is InChI=1S/C22H27N3O4/c1-16(2)29-20-10-5-4-9-19(20)24-11-13-25(14-12-24)22(27)23-18-8-6-7-17(15-18)21(26)28-3/h4-10,15-16H,11-14H2,1-3H3,(H,23,27). The number of methoxy groups -OCH3 is 1. The number of para-hydroxylation sites is 2. The Morgan fingerprint density at radius 3 is 2.41 bits per heavy atom. The van der Waals surface area contributed by atoms with Crippen molar-refractivity contribution in [1.82, 2.24) is 4.90 Å². The number of anilines is 2. The van der Waals surface area contributed by atoms with Gasteiger partial charge in [-0.15, -0.1) is 0 Å². The molecule has 29 heavy (non-hydrogen) atoms. The molecule has 1 saturated heterocycles. The summed E-state index contributed by atoms with van der Waals surface area (Å²) in [6.07, 6.45) is 0.101. The molecule has 0 radical (unpaired) electrons. The summed E-state index contributed by atoms with van der Waals surface area (Å²) in [5.74, 6) is 0.428. The minimum atomic E-state index is -0.433.